The first-order valence-electron chi connectivity index (χ1n) is 8.37. The number of benzene rings is 2. The number of nitrogens with one attached hydrogen (secondary N) is 1. The van der Waals surface area contributed by atoms with Gasteiger partial charge in [-0.3, -0.25) is 0 Å². The third-order valence-electron chi connectivity index (χ3n) is 5.05. The van der Waals surface area contributed by atoms with Crippen LogP contribution in [-0.2, 0) is 6.42 Å². The standard InChI is InChI=1S/C20H23NO2/c1-12-8-14(3)16(9-13(12)2)20-17-11-19-18(22-6-7-23-19)10-15(17)4-5-21-20/h8-11,20-21H,4-7H2,1-3H3. The van der Waals surface area contributed by atoms with Gasteiger partial charge in [0.2, 0.25) is 0 Å². The van der Waals surface area contributed by atoms with Gasteiger partial charge in [0.25, 0.3) is 0 Å². The molecule has 2 heterocycles. The number of ether oxygens (including phenoxy) is 2. The predicted octanol–water partition coefficient (Wildman–Crippen LogP) is 3.62. The van der Waals surface area contributed by atoms with Crippen LogP contribution in [0.5, 0.6) is 11.5 Å². The van der Waals surface area contributed by atoms with Crippen LogP contribution in [0, 0.1) is 20.8 Å². The van der Waals surface area contributed by atoms with Crippen LogP contribution < -0.4 is 14.8 Å². The van der Waals surface area contributed by atoms with E-state index in [1.165, 1.54) is 33.4 Å². The van der Waals surface area contributed by atoms with Gasteiger partial charge in [0.15, 0.2) is 11.5 Å². The van der Waals surface area contributed by atoms with E-state index in [2.05, 4.69) is 50.4 Å². The molecule has 0 saturated carbocycles. The summed E-state index contributed by atoms with van der Waals surface area (Å²) in [5, 5.41) is 3.69. The fraction of sp³-hybridized carbons (Fsp3) is 0.400. The molecule has 3 nitrogen and oxygen atoms in total. The Morgan fingerprint density at radius 3 is 2.30 bits per heavy atom. The van der Waals surface area contributed by atoms with E-state index < -0.39 is 0 Å². The molecule has 23 heavy (non-hydrogen) atoms. The van der Waals surface area contributed by atoms with Gasteiger partial charge >= 0.3 is 0 Å². The molecule has 3 heteroatoms. The lowest BCUT2D eigenvalue weighted by molar-refractivity contribution is 0.171. The Balaban J connectivity index is 1.83. The van der Waals surface area contributed by atoms with Crippen molar-refractivity contribution in [3.05, 3.63) is 57.6 Å². The molecule has 0 amide bonds. The van der Waals surface area contributed by atoms with E-state index in [9.17, 15) is 0 Å². The fourth-order valence-electron chi connectivity index (χ4n) is 3.66. The minimum atomic E-state index is 0.230. The van der Waals surface area contributed by atoms with Crippen LogP contribution in [0.3, 0.4) is 0 Å². The lowest BCUT2D eigenvalue weighted by Gasteiger charge is -2.31. The minimum absolute atomic E-state index is 0.230. The first kappa shape index (κ1) is 14.6. The van der Waals surface area contributed by atoms with E-state index in [0.29, 0.717) is 13.2 Å². The first-order valence-corrected chi connectivity index (χ1v) is 8.37. The molecular weight excluding hydrogens is 286 g/mol. The number of rotatable bonds is 1. The van der Waals surface area contributed by atoms with Crippen molar-refractivity contribution >= 4 is 0 Å². The molecule has 0 aliphatic carbocycles. The minimum Gasteiger partial charge on any atom is -0.486 e. The molecule has 2 aliphatic heterocycles. The third kappa shape index (κ3) is 2.49. The van der Waals surface area contributed by atoms with Crippen molar-refractivity contribution in [2.75, 3.05) is 19.8 Å². The second kappa shape index (κ2) is 5.57. The molecule has 120 valence electrons. The Hall–Kier alpha value is -2.00. The molecule has 0 spiro atoms. The molecule has 4 rings (SSSR count). The Morgan fingerprint density at radius 1 is 0.826 bits per heavy atom. The monoisotopic (exact) mass is 309 g/mol. The van der Waals surface area contributed by atoms with Gasteiger partial charge in [-0.15, -0.1) is 0 Å². The Bertz CT molecular complexity index is 767. The maximum atomic E-state index is 5.79. The van der Waals surface area contributed by atoms with Gasteiger partial charge in [-0.05, 0) is 72.7 Å². The summed E-state index contributed by atoms with van der Waals surface area (Å²) in [6.07, 6.45) is 1.03. The van der Waals surface area contributed by atoms with Crippen LogP contribution >= 0.6 is 0 Å². The lowest BCUT2D eigenvalue weighted by Crippen LogP contribution is -2.31. The van der Waals surface area contributed by atoms with Gasteiger partial charge in [-0.25, -0.2) is 0 Å². The van der Waals surface area contributed by atoms with Gasteiger partial charge in [0.1, 0.15) is 13.2 Å². The van der Waals surface area contributed by atoms with E-state index in [0.717, 1.165) is 24.5 Å². The lowest BCUT2D eigenvalue weighted by atomic mass is 9.86. The number of fused-ring (bicyclic) bond motifs is 2. The number of hydrogen-bond donors (Lipinski definition) is 1. The van der Waals surface area contributed by atoms with Crippen LogP contribution in [0.25, 0.3) is 0 Å². The van der Waals surface area contributed by atoms with Crippen molar-refractivity contribution in [3.63, 3.8) is 0 Å². The quantitative estimate of drug-likeness (QED) is 0.873. The zero-order valence-electron chi connectivity index (χ0n) is 14.0. The summed E-state index contributed by atoms with van der Waals surface area (Å²) in [4.78, 5) is 0. The highest BCUT2D eigenvalue weighted by Gasteiger charge is 2.26. The van der Waals surface area contributed by atoms with Crippen LogP contribution in [0.2, 0.25) is 0 Å². The summed E-state index contributed by atoms with van der Waals surface area (Å²) in [5.74, 6) is 1.78. The van der Waals surface area contributed by atoms with Crippen LogP contribution in [0.1, 0.15) is 39.4 Å². The first-order chi connectivity index (χ1) is 11.1. The van der Waals surface area contributed by atoms with Gasteiger partial charge in [0, 0.05) is 6.54 Å². The molecule has 0 bridgehead atoms. The summed E-state index contributed by atoms with van der Waals surface area (Å²) in [6, 6.07) is 9.20. The molecule has 0 radical (unpaired) electrons. The van der Waals surface area contributed by atoms with Gasteiger partial charge < -0.3 is 14.8 Å². The van der Waals surface area contributed by atoms with Gasteiger partial charge in [0.05, 0.1) is 6.04 Å². The molecule has 2 aliphatic rings. The summed E-state index contributed by atoms with van der Waals surface area (Å²) in [5.41, 5.74) is 8.10. The zero-order valence-corrected chi connectivity index (χ0v) is 14.0. The second-order valence-electron chi connectivity index (χ2n) is 6.62. The summed E-state index contributed by atoms with van der Waals surface area (Å²) >= 11 is 0. The Kier molecular flexibility index (Phi) is 3.53. The van der Waals surface area contributed by atoms with Crippen LogP contribution in [0.15, 0.2) is 24.3 Å². The van der Waals surface area contributed by atoms with E-state index in [1.54, 1.807) is 0 Å². The SMILES string of the molecule is Cc1cc(C)c(C2NCCc3cc4c(cc32)OCCO4)cc1C. The van der Waals surface area contributed by atoms with Crippen molar-refractivity contribution in [2.24, 2.45) is 0 Å². The van der Waals surface area contributed by atoms with Crippen molar-refractivity contribution in [2.45, 2.75) is 33.2 Å². The maximum absolute atomic E-state index is 5.79. The van der Waals surface area contributed by atoms with Crippen LogP contribution in [0.4, 0.5) is 0 Å². The molecule has 1 unspecified atom stereocenters. The summed E-state index contributed by atoms with van der Waals surface area (Å²) < 4.78 is 11.5. The molecule has 1 N–H and O–H groups in total. The van der Waals surface area contributed by atoms with Crippen molar-refractivity contribution in [3.8, 4) is 11.5 Å². The van der Waals surface area contributed by atoms with E-state index in [-0.39, 0.29) is 6.04 Å². The summed E-state index contributed by atoms with van der Waals surface area (Å²) in [7, 11) is 0. The average Bonchev–Trinajstić information content (AvgIpc) is 2.56. The second-order valence-corrected chi connectivity index (χ2v) is 6.62. The van der Waals surface area contributed by atoms with Gasteiger partial charge in [-0.2, -0.15) is 0 Å². The number of aryl methyl sites for hydroxylation is 3. The third-order valence-corrected chi connectivity index (χ3v) is 5.05. The predicted molar refractivity (Wildman–Crippen MR) is 91.6 cm³/mol. The van der Waals surface area contributed by atoms with E-state index in [4.69, 9.17) is 9.47 Å². The highest BCUT2D eigenvalue weighted by molar-refractivity contribution is 5.53. The van der Waals surface area contributed by atoms with Crippen molar-refractivity contribution < 1.29 is 9.47 Å². The largest absolute Gasteiger partial charge is 0.486 e. The Labute approximate surface area is 137 Å². The normalized spacial score (nSPS) is 19.3. The van der Waals surface area contributed by atoms with Crippen molar-refractivity contribution in [1.82, 2.24) is 5.32 Å². The topological polar surface area (TPSA) is 30.5 Å². The smallest absolute Gasteiger partial charge is 0.161 e. The van der Waals surface area contributed by atoms with E-state index >= 15 is 0 Å². The molecule has 2 aromatic rings. The fourth-order valence-corrected chi connectivity index (χ4v) is 3.66. The van der Waals surface area contributed by atoms with E-state index in [1.807, 2.05) is 0 Å². The average molecular weight is 309 g/mol. The van der Waals surface area contributed by atoms with Crippen LogP contribution in [-0.4, -0.2) is 19.8 Å². The molecule has 1 atom stereocenters. The molecular formula is C20H23NO2. The van der Waals surface area contributed by atoms with Gasteiger partial charge in [-0.1, -0.05) is 12.1 Å². The molecule has 0 fully saturated rings. The highest BCUT2D eigenvalue weighted by atomic mass is 16.6. The zero-order chi connectivity index (χ0) is 16.0. The molecule has 0 saturated heterocycles. The highest BCUT2D eigenvalue weighted by Crippen LogP contribution is 2.39. The Morgan fingerprint density at radius 2 is 1.52 bits per heavy atom. The maximum Gasteiger partial charge on any atom is 0.161 e. The molecule has 0 aromatic heterocycles. The molecule has 2 aromatic carbocycles. The number of hydrogen-bond acceptors (Lipinski definition) is 3. The summed E-state index contributed by atoms with van der Waals surface area (Å²) in [6.45, 7) is 8.83. The van der Waals surface area contributed by atoms with Crippen molar-refractivity contribution in [1.29, 1.82) is 0 Å².